The van der Waals surface area contributed by atoms with Gasteiger partial charge in [0.25, 0.3) is 0 Å². The molecule has 3 aromatic rings. The molecule has 148 valence electrons. The molecule has 28 heavy (non-hydrogen) atoms. The highest BCUT2D eigenvalue weighted by atomic mass is 79.9. The van der Waals surface area contributed by atoms with Crippen LogP contribution in [0.5, 0.6) is 5.75 Å². The van der Waals surface area contributed by atoms with Crippen LogP contribution < -0.4 is 4.74 Å². The zero-order valence-electron chi connectivity index (χ0n) is 16.2. The summed E-state index contributed by atoms with van der Waals surface area (Å²) >= 11 is 3.46. The fourth-order valence-corrected chi connectivity index (χ4v) is 3.69. The van der Waals surface area contributed by atoms with Crippen molar-refractivity contribution in [3.8, 4) is 5.75 Å². The van der Waals surface area contributed by atoms with E-state index < -0.39 is 11.6 Å². The third-order valence-electron chi connectivity index (χ3n) is 5.24. The number of hydrogen-bond acceptors (Lipinski definition) is 3. The van der Waals surface area contributed by atoms with E-state index in [9.17, 15) is 15.0 Å². The number of benzene rings is 2. The summed E-state index contributed by atoms with van der Waals surface area (Å²) in [6, 6.07) is 14.1. The minimum atomic E-state index is -1.76. The number of aryl methyl sites for hydroxylation is 1. The van der Waals surface area contributed by atoms with Crippen molar-refractivity contribution in [1.82, 2.24) is 4.57 Å². The van der Waals surface area contributed by atoms with Gasteiger partial charge >= 0.3 is 5.97 Å². The third-order valence-corrected chi connectivity index (χ3v) is 5.77. The highest BCUT2D eigenvalue weighted by Crippen LogP contribution is 2.32. The fraction of sp³-hybridized carbons (Fsp3) is 0.318. The van der Waals surface area contributed by atoms with E-state index in [0.717, 1.165) is 32.4 Å². The van der Waals surface area contributed by atoms with Crippen LogP contribution in [-0.2, 0) is 17.8 Å². The van der Waals surface area contributed by atoms with Gasteiger partial charge in [-0.25, -0.2) is 4.79 Å². The van der Waals surface area contributed by atoms with Crippen LogP contribution in [0.4, 0.5) is 0 Å². The van der Waals surface area contributed by atoms with Crippen molar-refractivity contribution >= 4 is 32.8 Å². The van der Waals surface area contributed by atoms with Crippen LogP contribution in [0.15, 0.2) is 46.9 Å². The average Bonchev–Trinajstić information content (AvgIpc) is 2.92. The van der Waals surface area contributed by atoms with Gasteiger partial charge in [0.05, 0.1) is 7.11 Å². The number of halogens is 1. The Kier molecular flexibility index (Phi) is 5.82. The van der Waals surface area contributed by atoms with E-state index >= 15 is 0 Å². The molecule has 0 radical (unpaired) electrons. The molecule has 0 aliphatic heterocycles. The number of carboxylic acid groups (broad SMARTS) is 1. The maximum Gasteiger partial charge on any atom is 0.335 e. The number of hydrogen-bond donors (Lipinski definition) is 2. The van der Waals surface area contributed by atoms with Crippen LogP contribution in [0, 0.1) is 6.92 Å². The average molecular weight is 446 g/mol. The molecule has 0 spiro atoms. The van der Waals surface area contributed by atoms with E-state index in [2.05, 4.69) is 32.6 Å². The summed E-state index contributed by atoms with van der Waals surface area (Å²) in [5.74, 6) is -0.458. The summed E-state index contributed by atoms with van der Waals surface area (Å²) in [5, 5.41) is 20.4. The molecule has 1 unspecified atom stereocenters. The van der Waals surface area contributed by atoms with E-state index in [1.54, 1.807) is 7.11 Å². The molecule has 6 heteroatoms. The van der Waals surface area contributed by atoms with Crippen LogP contribution in [0.25, 0.3) is 10.9 Å². The van der Waals surface area contributed by atoms with Gasteiger partial charge in [0.1, 0.15) is 5.75 Å². The van der Waals surface area contributed by atoms with Crippen molar-refractivity contribution in [1.29, 1.82) is 0 Å². The summed E-state index contributed by atoms with van der Waals surface area (Å²) in [5.41, 5.74) is 2.57. The number of aliphatic carboxylic acids is 1. The van der Waals surface area contributed by atoms with E-state index in [1.807, 2.05) is 37.3 Å². The number of fused-ring (bicyclic) bond motifs is 1. The van der Waals surface area contributed by atoms with E-state index in [4.69, 9.17) is 4.74 Å². The summed E-state index contributed by atoms with van der Waals surface area (Å²) < 4.78 is 8.64. The summed E-state index contributed by atoms with van der Waals surface area (Å²) in [4.78, 5) is 11.3. The van der Waals surface area contributed by atoms with Gasteiger partial charge in [-0.1, -0.05) is 28.1 Å². The first-order valence-electron chi connectivity index (χ1n) is 9.09. The molecular formula is C22H24BrNO4. The standard InChI is InChI=1S/C22H24BrNO4/c1-14-18(10-11-22(2,27)21(25)26)19-12-17(28-3)8-9-20(19)24(14)13-15-4-6-16(23)7-5-15/h4-9,12,27H,10-11,13H2,1-3H3,(H,25,26). The Labute approximate surface area is 172 Å². The molecule has 2 aromatic carbocycles. The molecule has 0 aliphatic rings. The molecule has 0 saturated carbocycles. The van der Waals surface area contributed by atoms with Gasteiger partial charge in [0.2, 0.25) is 0 Å². The molecule has 3 rings (SSSR count). The van der Waals surface area contributed by atoms with E-state index in [1.165, 1.54) is 12.5 Å². The molecule has 0 saturated heterocycles. The number of rotatable bonds is 7. The fourth-order valence-electron chi connectivity index (χ4n) is 3.42. The van der Waals surface area contributed by atoms with Crippen molar-refractivity contribution in [3.63, 3.8) is 0 Å². The molecule has 0 fully saturated rings. The zero-order chi connectivity index (χ0) is 20.5. The molecule has 5 nitrogen and oxygen atoms in total. The second-order valence-electron chi connectivity index (χ2n) is 7.24. The van der Waals surface area contributed by atoms with E-state index in [-0.39, 0.29) is 6.42 Å². The lowest BCUT2D eigenvalue weighted by Gasteiger charge is -2.17. The summed E-state index contributed by atoms with van der Waals surface area (Å²) in [6.07, 6.45) is 0.597. The summed E-state index contributed by atoms with van der Waals surface area (Å²) in [6.45, 7) is 4.08. The number of aliphatic hydroxyl groups is 1. The molecule has 1 heterocycles. The van der Waals surface area contributed by atoms with Crippen molar-refractivity contribution in [3.05, 3.63) is 63.8 Å². The Balaban J connectivity index is 2.05. The molecule has 0 aliphatic carbocycles. The normalized spacial score (nSPS) is 13.5. The lowest BCUT2D eigenvalue weighted by Crippen LogP contribution is -2.35. The Morgan fingerprint density at radius 3 is 2.50 bits per heavy atom. The molecule has 0 bridgehead atoms. The minimum Gasteiger partial charge on any atom is -0.497 e. The maximum absolute atomic E-state index is 11.3. The first kappa shape index (κ1) is 20.4. The van der Waals surface area contributed by atoms with Gasteiger partial charge in [0, 0.05) is 27.6 Å². The Morgan fingerprint density at radius 1 is 1.21 bits per heavy atom. The number of ether oxygens (including phenoxy) is 1. The van der Waals surface area contributed by atoms with Crippen LogP contribution >= 0.6 is 15.9 Å². The van der Waals surface area contributed by atoms with Gasteiger partial charge in [-0.3, -0.25) is 0 Å². The third kappa shape index (κ3) is 4.08. The molecular weight excluding hydrogens is 422 g/mol. The molecule has 1 atom stereocenters. The highest BCUT2D eigenvalue weighted by molar-refractivity contribution is 9.10. The number of carbonyl (C=O) groups is 1. The monoisotopic (exact) mass is 445 g/mol. The largest absolute Gasteiger partial charge is 0.497 e. The van der Waals surface area contributed by atoms with Gasteiger partial charge in [-0.15, -0.1) is 0 Å². The number of carboxylic acids is 1. The van der Waals surface area contributed by atoms with Gasteiger partial charge in [0.15, 0.2) is 5.60 Å². The summed E-state index contributed by atoms with van der Waals surface area (Å²) in [7, 11) is 1.63. The lowest BCUT2D eigenvalue weighted by molar-refractivity contribution is -0.157. The van der Waals surface area contributed by atoms with Crippen LogP contribution in [0.2, 0.25) is 0 Å². The van der Waals surface area contributed by atoms with Crippen molar-refractivity contribution < 1.29 is 19.7 Å². The highest BCUT2D eigenvalue weighted by Gasteiger charge is 2.30. The van der Waals surface area contributed by atoms with Crippen molar-refractivity contribution in [2.75, 3.05) is 7.11 Å². The number of nitrogens with zero attached hydrogens (tertiary/aromatic N) is 1. The Hall–Kier alpha value is -2.31. The molecule has 2 N–H and O–H groups in total. The zero-order valence-corrected chi connectivity index (χ0v) is 17.8. The molecule has 0 amide bonds. The number of methoxy groups -OCH3 is 1. The lowest BCUT2D eigenvalue weighted by atomic mass is 9.95. The first-order valence-corrected chi connectivity index (χ1v) is 9.88. The molecule has 1 aromatic heterocycles. The van der Waals surface area contributed by atoms with Crippen molar-refractivity contribution in [2.45, 2.75) is 38.8 Å². The Morgan fingerprint density at radius 2 is 1.89 bits per heavy atom. The minimum absolute atomic E-state index is 0.137. The maximum atomic E-state index is 11.3. The Bertz CT molecular complexity index is 1010. The van der Waals surface area contributed by atoms with Gasteiger partial charge in [-0.2, -0.15) is 0 Å². The van der Waals surface area contributed by atoms with E-state index in [0.29, 0.717) is 13.0 Å². The second-order valence-corrected chi connectivity index (χ2v) is 8.15. The van der Waals surface area contributed by atoms with Crippen LogP contribution in [-0.4, -0.2) is 33.5 Å². The van der Waals surface area contributed by atoms with Crippen molar-refractivity contribution in [2.24, 2.45) is 0 Å². The predicted molar refractivity (Wildman–Crippen MR) is 113 cm³/mol. The smallest absolute Gasteiger partial charge is 0.335 e. The first-order chi connectivity index (χ1) is 13.2. The van der Waals surface area contributed by atoms with Gasteiger partial charge < -0.3 is 19.5 Å². The van der Waals surface area contributed by atoms with Crippen LogP contribution in [0.1, 0.15) is 30.2 Å². The second kappa shape index (κ2) is 7.97. The SMILES string of the molecule is COc1ccc2c(c1)c(CCC(C)(O)C(=O)O)c(C)n2Cc1ccc(Br)cc1. The topological polar surface area (TPSA) is 71.7 Å². The number of aromatic nitrogens is 1. The quantitative estimate of drug-likeness (QED) is 0.559. The van der Waals surface area contributed by atoms with Gasteiger partial charge in [-0.05, 0) is 68.1 Å². The predicted octanol–water partition coefficient (Wildman–Crippen LogP) is 4.54. The van der Waals surface area contributed by atoms with Crippen LogP contribution in [0.3, 0.4) is 0 Å².